The molecule has 178 valence electrons. The van der Waals surface area contributed by atoms with Gasteiger partial charge >= 0.3 is 12.3 Å². The van der Waals surface area contributed by atoms with Gasteiger partial charge in [-0.15, -0.1) is 13.2 Å². The van der Waals surface area contributed by atoms with E-state index in [0.717, 1.165) is 5.69 Å². The Hall–Kier alpha value is -3.86. The summed E-state index contributed by atoms with van der Waals surface area (Å²) in [5.74, 6) is -0.847. The molecule has 1 N–H and O–H groups in total. The number of hydrogen-bond donors (Lipinski definition) is 1. The summed E-state index contributed by atoms with van der Waals surface area (Å²) in [6, 6.07) is 10.2. The van der Waals surface area contributed by atoms with Crippen LogP contribution in [-0.4, -0.2) is 47.1 Å². The van der Waals surface area contributed by atoms with Gasteiger partial charge in [-0.1, -0.05) is 12.1 Å². The van der Waals surface area contributed by atoms with Crippen molar-refractivity contribution in [2.24, 2.45) is 0 Å². The molecule has 3 heterocycles. The van der Waals surface area contributed by atoms with Gasteiger partial charge < -0.3 is 24.2 Å². The van der Waals surface area contributed by atoms with Gasteiger partial charge in [0.25, 0.3) is 0 Å². The average Bonchev–Trinajstić information content (AvgIpc) is 2.83. The molecule has 1 atom stereocenters. The lowest BCUT2D eigenvalue weighted by Gasteiger charge is -2.34. The van der Waals surface area contributed by atoms with E-state index in [1.165, 1.54) is 42.6 Å². The Kier molecular flexibility index (Phi) is 6.82. The Morgan fingerprint density at radius 2 is 1.94 bits per heavy atom. The van der Waals surface area contributed by atoms with Gasteiger partial charge in [0.15, 0.2) is 0 Å². The summed E-state index contributed by atoms with van der Waals surface area (Å²) in [6.45, 7) is 1.60. The first-order valence-corrected chi connectivity index (χ1v) is 10.3. The van der Waals surface area contributed by atoms with Crippen molar-refractivity contribution in [3.63, 3.8) is 0 Å². The number of morpholine rings is 1. The zero-order valence-corrected chi connectivity index (χ0v) is 17.7. The molecule has 0 spiro atoms. The van der Waals surface area contributed by atoms with E-state index in [4.69, 9.17) is 9.47 Å². The van der Waals surface area contributed by atoms with Crippen LogP contribution in [0.1, 0.15) is 27.7 Å². The first-order valence-electron chi connectivity index (χ1n) is 10.3. The van der Waals surface area contributed by atoms with Crippen LogP contribution in [0.4, 0.5) is 18.9 Å². The highest BCUT2D eigenvalue weighted by Gasteiger charge is 2.31. The minimum absolute atomic E-state index is 0.134. The van der Waals surface area contributed by atoms with Crippen molar-refractivity contribution in [1.29, 1.82) is 0 Å². The lowest BCUT2D eigenvalue weighted by atomic mass is 10.1. The number of rotatable bonds is 7. The third-order valence-electron chi connectivity index (χ3n) is 5.05. The Morgan fingerprint density at radius 1 is 1.15 bits per heavy atom. The highest BCUT2D eigenvalue weighted by atomic mass is 19.4. The van der Waals surface area contributed by atoms with Crippen LogP contribution >= 0.6 is 0 Å². The highest BCUT2D eigenvalue weighted by molar-refractivity contribution is 5.87. The monoisotopic (exact) mass is 475 g/mol. The van der Waals surface area contributed by atoms with E-state index in [9.17, 15) is 23.1 Å². The molecular weight excluding hydrogens is 455 g/mol. The van der Waals surface area contributed by atoms with E-state index in [1.807, 2.05) is 4.90 Å². The zero-order chi connectivity index (χ0) is 24.1. The van der Waals surface area contributed by atoms with Crippen LogP contribution in [0.15, 0.2) is 61.1 Å². The molecule has 0 aliphatic carbocycles. The fourth-order valence-corrected chi connectivity index (χ4v) is 3.43. The van der Waals surface area contributed by atoms with Crippen molar-refractivity contribution in [3.05, 3.63) is 77.9 Å². The lowest BCUT2D eigenvalue weighted by Crippen LogP contribution is -2.38. The number of pyridine rings is 2. The van der Waals surface area contributed by atoms with E-state index < -0.39 is 18.4 Å². The number of benzene rings is 1. The quantitative estimate of drug-likeness (QED) is 0.543. The van der Waals surface area contributed by atoms with Gasteiger partial charge in [-0.05, 0) is 29.8 Å². The van der Waals surface area contributed by atoms with Gasteiger partial charge in [-0.2, -0.15) is 0 Å². The molecule has 1 aromatic carbocycles. The van der Waals surface area contributed by atoms with Gasteiger partial charge in [0.1, 0.15) is 24.2 Å². The van der Waals surface area contributed by atoms with Crippen LogP contribution in [0.2, 0.25) is 0 Å². The van der Waals surface area contributed by atoms with Gasteiger partial charge in [0.05, 0.1) is 42.5 Å². The molecular formula is C23H20F3N3O5. The van der Waals surface area contributed by atoms with Crippen LogP contribution < -0.4 is 14.4 Å². The number of alkyl halides is 3. The van der Waals surface area contributed by atoms with Crippen molar-refractivity contribution < 1.29 is 37.3 Å². The maximum atomic E-state index is 12.3. The number of carboxylic acids is 1. The van der Waals surface area contributed by atoms with E-state index in [0.29, 0.717) is 36.7 Å². The third kappa shape index (κ3) is 6.13. The summed E-state index contributed by atoms with van der Waals surface area (Å²) in [4.78, 5) is 21.7. The molecule has 34 heavy (non-hydrogen) atoms. The number of halogens is 3. The summed E-state index contributed by atoms with van der Waals surface area (Å²) in [7, 11) is 0. The summed E-state index contributed by atoms with van der Waals surface area (Å²) in [5.41, 5.74) is 2.12. The van der Waals surface area contributed by atoms with Crippen molar-refractivity contribution in [1.82, 2.24) is 9.97 Å². The van der Waals surface area contributed by atoms with Crippen molar-refractivity contribution in [2.75, 3.05) is 24.6 Å². The van der Waals surface area contributed by atoms with E-state index in [2.05, 4.69) is 14.7 Å². The zero-order valence-electron chi connectivity index (χ0n) is 17.7. The van der Waals surface area contributed by atoms with Crippen LogP contribution in [0, 0.1) is 0 Å². The van der Waals surface area contributed by atoms with Crippen LogP contribution in [-0.2, 0) is 11.3 Å². The molecule has 0 radical (unpaired) electrons. The SMILES string of the molecule is O=C(O)c1ccnc(C2CN(c3cncc(OCc4ccc(OC(F)(F)F)cc4)c3)CCO2)c1. The molecule has 0 bridgehead atoms. The topological polar surface area (TPSA) is 94.0 Å². The fourth-order valence-electron chi connectivity index (χ4n) is 3.43. The highest BCUT2D eigenvalue weighted by Crippen LogP contribution is 2.28. The van der Waals surface area contributed by atoms with Gasteiger partial charge in [-0.25, -0.2) is 4.79 Å². The van der Waals surface area contributed by atoms with Crippen molar-refractivity contribution >= 4 is 11.7 Å². The number of anilines is 1. The van der Waals surface area contributed by atoms with Gasteiger partial charge in [0.2, 0.25) is 0 Å². The molecule has 0 saturated carbocycles. The maximum Gasteiger partial charge on any atom is 0.573 e. The van der Waals surface area contributed by atoms with Crippen molar-refractivity contribution in [2.45, 2.75) is 19.1 Å². The van der Waals surface area contributed by atoms with Crippen LogP contribution in [0.5, 0.6) is 11.5 Å². The van der Waals surface area contributed by atoms with E-state index in [1.54, 1.807) is 18.5 Å². The molecule has 3 aromatic rings. The fraction of sp³-hybridized carbons (Fsp3) is 0.261. The second-order valence-corrected chi connectivity index (χ2v) is 7.44. The number of hydrogen-bond acceptors (Lipinski definition) is 7. The number of ether oxygens (including phenoxy) is 3. The minimum Gasteiger partial charge on any atom is -0.487 e. The first kappa shape index (κ1) is 23.3. The Morgan fingerprint density at radius 3 is 2.68 bits per heavy atom. The lowest BCUT2D eigenvalue weighted by molar-refractivity contribution is -0.274. The van der Waals surface area contributed by atoms with E-state index >= 15 is 0 Å². The number of carbonyl (C=O) groups is 1. The minimum atomic E-state index is -4.74. The predicted octanol–water partition coefficient (Wildman–Crippen LogP) is 4.23. The Labute approximate surface area is 192 Å². The summed E-state index contributed by atoms with van der Waals surface area (Å²) in [6.07, 6.45) is -0.480. The van der Waals surface area contributed by atoms with Crippen LogP contribution in [0.25, 0.3) is 0 Å². The molecule has 8 nitrogen and oxygen atoms in total. The van der Waals surface area contributed by atoms with E-state index in [-0.39, 0.29) is 17.9 Å². The molecule has 2 aromatic heterocycles. The normalized spacial score (nSPS) is 16.2. The molecule has 1 aliphatic heterocycles. The van der Waals surface area contributed by atoms with Gasteiger partial charge in [0, 0.05) is 18.8 Å². The first-order chi connectivity index (χ1) is 16.3. The molecule has 0 amide bonds. The summed E-state index contributed by atoms with van der Waals surface area (Å²) in [5, 5.41) is 9.21. The molecule has 4 rings (SSSR count). The predicted molar refractivity (Wildman–Crippen MR) is 114 cm³/mol. The van der Waals surface area contributed by atoms with Crippen molar-refractivity contribution in [3.8, 4) is 11.5 Å². The Bertz CT molecular complexity index is 1140. The van der Waals surface area contributed by atoms with Gasteiger partial charge in [-0.3, -0.25) is 9.97 Å². The second-order valence-electron chi connectivity index (χ2n) is 7.44. The smallest absolute Gasteiger partial charge is 0.487 e. The standard InChI is InChI=1S/C23H20F3N3O5/c24-23(25,26)34-18-3-1-15(2-4-18)14-33-19-10-17(11-27-12-19)29-7-8-32-21(13-29)20-9-16(22(30)31)5-6-28-20/h1-6,9-12,21H,7-8,13-14H2,(H,30,31). The molecule has 11 heteroatoms. The number of aromatic nitrogens is 2. The number of carboxylic acid groups (broad SMARTS) is 1. The summed E-state index contributed by atoms with van der Waals surface area (Å²) >= 11 is 0. The second kappa shape index (κ2) is 9.96. The Balaban J connectivity index is 1.39. The number of aromatic carboxylic acids is 1. The number of nitrogens with zero attached hydrogens (tertiary/aromatic N) is 3. The largest absolute Gasteiger partial charge is 0.573 e. The molecule has 1 aliphatic rings. The summed E-state index contributed by atoms with van der Waals surface area (Å²) < 4.78 is 52.3. The third-order valence-corrected chi connectivity index (χ3v) is 5.05. The molecule has 1 unspecified atom stereocenters. The van der Waals surface area contributed by atoms with Crippen LogP contribution in [0.3, 0.4) is 0 Å². The molecule has 1 fully saturated rings. The average molecular weight is 475 g/mol. The maximum absolute atomic E-state index is 12.3. The molecule has 1 saturated heterocycles.